The number of benzene rings is 1. The second-order valence-corrected chi connectivity index (χ2v) is 5.76. The van der Waals surface area contributed by atoms with E-state index < -0.39 is 5.97 Å². The molecule has 0 saturated heterocycles. The lowest BCUT2D eigenvalue weighted by atomic mass is 10.1. The van der Waals surface area contributed by atoms with Gasteiger partial charge in [-0.15, -0.1) is 0 Å². The molecule has 0 unspecified atom stereocenters. The summed E-state index contributed by atoms with van der Waals surface area (Å²) in [6, 6.07) is 6.18. The van der Waals surface area contributed by atoms with Crippen LogP contribution in [0.25, 0.3) is 11.0 Å². The van der Waals surface area contributed by atoms with Crippen molar-refractivity contribution in [1.29, 1.82) is 0 Å². The van der Waals surface area contributed by atoms with Gasteiger partial charge in [0.1, 0.15) is 22.8 Å². The lowest BCUT2D eigenvalue weighted by Gasteiger charge is -2.12. The van der Waals surface area contributed by atoms with Crippen molar-refractivity contribution in [2.75, 3.05) is 14.1 Å². The minimum Gasteiger partial charge on any atom is -0.478 e. The van der Waals surface area contributed by atoms with Crippen LogP contribution in [0.3, 0.4) is 0 Å². The minimum atomic E-state index is -1.09. The van der Waals surface area contributed by atoms with E-state index in [1.807, 2.05) is 0 Å². The molecule has 0 spiro atoms. The lowest BCUT2D eigenvalue weighted by Crippen LogP contribution is -2.21. The number of aromatic nitrogens is 1. The van der Waals surface area contributed by atoms with Gasteiger partial charge in [-0.05, 0) is 31.2 Å². The standard InChI is InChI=1S/C18H16N2O5/c1-10-4-14-15(24-10)6-11(18(22)23)7-16(14)25-13-5-12(8-19-9-13)17(21)20(2)3/h4-9H,1-3H3,(H,22,23). The number of aryl methyl sites for hydroxylation is 1. The topological polar surface area (TPSA) is 92.9 Å². The zero-order chi connectivity index (χ0) is 18.1. The van der Waals surface area contributed by atoms with E-state index in [-0.39, 0.29) is 11.5 Å². The molecule has 1 amide bonds. The number of carboxylic acid groups (broad SMARTS) is 1. The van der Waals surface area contributed by atoms with Gasteiger partial charge >= 0.3 is 5.97 Å². The van der Waals surface area contributed by atoms with Gasteiger partial charge in [-0.2, -0.15) is 0 Å². The molecule has 0 radical (unpaired) electrons. The van der Waals surface area contributed by atoms with Gasteiger partial charge in [-0.1, -0.05) is 0 Å². The molecule has 3 aromatic rings. The van der Waals surface area contributed by atoms with Crippen molar-refractivity contribution in [2.24, 2.45) is 0 Å². The number of carbonyl (C=O) groups is 2. The number of hydrogen-bond donors (Lipinski definition) is 1. The minimum absolute atomic E-state index is 0.0466. The fourth-order valence-electron chi connectivity index (χ4n) is 2.42. The number of ether oxygens (including phenoxy) is 1. The van der Waals surface area contributed by atoms with E-state index in [9.17, 15) is 14.7 Å². The monoisotopic (exact) mass is 340 g/mol. The number of furan rings is 1. The van der Waals surface area contributed by atoms with Gasteiger partial charge in [0.2, 0.25) is 0 Å². The summed E-state index contributed by atoms with van der Waals surface area (Å²) in [6.07, 6.45) is 2.90. The van der Waals surface area contributed by atoms with Gasteiger partial charge in [0.05, 0.1) is 22.7 Å². The van der Waals surface area contributed by atoms with Crippen LogP contribution in [-0.4, -0.2) is 41.0 Å². The van der Waals surface area contributed by atoms with E-state index in [4.69, 9.17) is 9.15 Å². The third-order valence-electron chi connectivity index (χ3n) is 3.56. The molecule has 0 fully saturated rings. The van der Waals surface area contributed by atoms with E-state index in [2.05, 4.69) is 4.98 Å². The predicted molar refractivity (Wildman–Crippen MR) is 90.2 cm³/mol. The van der Waals surface area contributed by atoms with Crippen molar-refractivity contribution >= 4 is 22.8 Å². The second kappa shape index (κ2) is 6.27. The highest BCUT2D eigenvalue weighted by Crippen LogP contribution is 2.33. The van der Waals surface area contributed by atoms with Gasteiger partial charge < -0.3 is 19.2 Å². The average Bonchev–Trinajstić information content (AvgIpc) is 2.94. The Bertz CT molecular complexity index is 975. The average molecular weight is 340 g/mol. The fraction of sp³-hybridized carbons (Fsp3) is 0.167. The smallest absolute Gasteiger partial charge is 0.335 e. The summed E-state index contributed by atoms with van der Waals surface area (Å²) in [7, 11) is 3.29. The first-order chi connectivity index (χ1) is 11.8. The third kappa shape index (κ3) is 3.30. The van der Waals surface area contributed by atoms with E-state index in [0.717, 1.165) is 0 Å². The van der Waals surface area contributed by atoms with Crippen LogP contribution in [0.5, 0.6) is 11.5 Å². The molecule has 25 heavy (non-hydrogen) atoms. The first-order valence-corrected chi connectivity index (χ1v) is 7.47. The number of nitrogens with zero attached hydrogens (tertiary/aromatic N) is 2. The molecule has 1 aromatic carbocycles. The Hall–Kier alpha value is -3.35. The van der Waals surface area contributed by atoms with E-state index in [1.165, 1.54) is 29.4 Å². The number of aromatic carboxylic acids is 1. The zero-order valence-corrected chi connectivity index (χ0v) is 13.9. The van der Waals surface area contributed by atoms with Crippen molar-refractivity contribution in [1.82, 2.24) is 9.88 Å². The van der Waals surface area contributed by atoms with Crippen molar-refractivity contribution in [2.45, 2.75) is 6.92 Å². The molecule has 0 bridgehead atoms. The van der Waals surface area contributed by atoms with Crippen molar-refractivity contribution < 1.29 is 23.8 Å². The Morgan fingerprint density at radius 2 is 1.88 bits per heavy atom. The van der Waals surface area contributed by atoms with Crippen LogP contribution in [0.2, 0.25) is 0 Å². The Morgan fingerprint density at radius 1 is 1.12 bits per heavy atom. The first kappa shape index (κ1) is 16.5. The highest BCUT2D eigenvalue weighted by molar-refractivity contribution is 5.96. The van der Waals surface area contributed by atoms with Crippen LogP contribution < -0.4 is 4.74 Å². The maximum atomic E-state index is 12.0. The number of pyridine rings is 1. The highest BCUT2D eigenvalue weighted by Gasteiger charge is 2.15. The first-order valence-electron chi connectivity index (χ1n) is 7.47. The quantitative estimate of drug-likeness (QED) is 0.783. The predicted octanol–water partition coefficient (Wildman–Crippen LogP) is 3.33. The van der Waals surface area contributed by atoms with Crippen LogP contribution in [0.1, 0.15) is 26.5 Å². The maximum Gasteiger partial charge on any atom is 0.335 e. The molecule has 7 nitrogen and oxygen atoms in total. The Labute approximate surface area is 143 Å². The maximum absolute atomic E-state index is 12.0. The van der Waals surface area contributed by atoms with Gasteiger partial charge in [0.25, 0.3) is 5.91 Å². The molecule has 0 atom stereocenters. The van der Waals surface area contributed by atoms with Gasteiger partial charge in [0, 0.05) is 20.3 Å². The molecule has 128 valence electrons. The number of amides is 1. The summed E-state index contributed by atoms with van der Waals surface area (Å²) >= 11 is 0. The summed E-state index contributed by atoms with van der Waals surface area (Å²) in [5.74, 6) is -0.00699. The number of rotatable bonds is 4. The molecule has 1 N–H and O–H groups in total. The number of carboxylic acids is 1. The number of carbonyl (C=O) groups excluding carboxylic acids is 1. The van der Waals surface area contributed by atoms with Crippen LogP contribution in [-0.2, 0) is 0 Å². The van der Waals surface area contributed by atoms with Crippen LogP contribution in [0.4, 0.5) is 0 Å². The lowest BCUT2D eigenvalue weighted by molar-refractivity contribution is 0.0696. The van der Waals surface area contributed by atoms with E-state index >= 15 is 0 Å². The summed E-state index contributed by atoms with van der Waals surface area (Å²) in [6.45, 7) is 1.77. The molecular formula is C18H16N2O5. The van der Waals surface area contributed by atoms with Gasteiger partial charge in [-0.3, -0.25) is 9.78 Å². The molecule has 0 saturated carbocycles. The SMILES string of the molecule is Cc1cc2c(Oc3cncc(C(=O)N(C)C)c3)cc(C(=O)O)cc2o1. The normalized spacial score (nSPS) is 10.7. The Balaban J connectivity index is 2.04. The van der Waals surface area contributed by atoms with Crippen molar-refractivity contribution in [3.8, 4) is 11.5 Å². The highest BCUT2D eigenvalue weighted by atomic mass is 16.5. The van der Waals surface area contributed by atoms with Crippen molar-refractivity contribution in [3.05, 3.63) is 53.5 Å². The Morgan fingerprint density at radius 3 is 2.56 bits per heavy atom. The van der Waals surface area contributed by atoms with Crippen LogP contribution in [0, 0.1) is 6.92 Å². The number of fused-ring (bicyclic) bond motifs is 1. The largest absolute Gasteiger partial charge is 0.478 e. The third-order valence-corrected chi connectivity index (χ3v) is 3.56. The molecule has 2 heterocycles. The molecule has 0 aliphatic carbocycles. The molecule has 2 aromatic heterocycles. The molecule has 7 heteroatoms. The van der Waals surface area contributed by atoms with E-state index in [1.54, 1.807) is 33.2 Å². The van der Waals surface area contributed by atoms with E-state index in [0.29, 0.717) is 33.8 Å². The molecular weight excluding hydrogens is 324 g/mol. The molecule has 0 aliphatic heterocycles. The number of hydrogen-bond acceptors (Lipinski definition) is 5. The van der Waals surface area contributed by atoms with Gasteiger partial charge in [0.15, 0.2) is 0 Å². The summed E-state index contributed by atoms with van der Waals surface area (Å²) in [5.41, 5.74) is 0.836. The second-order valence-electron chi connectivity index (χ2n) is 5.76. The van der Waals surface area contributed by atoms with Crippen molar-refractivity contribution in [3.63, 3.8) is 0 Å². The zero-order valence-electron chi connectivity index (χ0n) is 13.9. The van der Waals surface area contributed by atoms with Gasteiger partial charge in [-0.25, -0.2) is 4.79 Å². The van der Waals surface area contributed by atoms with Crippen LogP contribution in [0.15, 0.2) is 41.1 Å². The summed E-state index contributed by atoms with van der Waals surface area (Å²) < 4.78 is 11.3. The Kier molecular flexibility index (Phi) is 4.14. The van der Waals surface area contributed by atoms with Crippen LogP contribution >= 0.6 is 0 Å². The fourth-order valence-corrected chi connectivity index (χ4v) is 2.42. The summed E-state index contributed by atoms with van der Waals surface area (Å²) in [5, 5.41) is 9.91. The summed E-state index contributed by atoms with van der Waals surface area (Å²) in [4.78, 5) is 28.8. The molecule has 3 rings (SSSR count). The molecule has 0 aliphatic rings.